The van der Waals surface area contributed by atoms with E-state index in [-0.39, 0.29) is 12.1 Å². The van der Waals surface area contributed by atoms with Crippen molar-refractivity contribution in [2.75, 3.05) is 20.3 Å². The monoisotopic (exact) mass is 235 g/mol. The minimum absolute atomic E-state index is 0.0947. The first-order valence-corrected chi connectivity index (χ1v) is 6.23. The van der Waals surface area contributed by atoms with Crippen molar-refractivity contribution < 1.29 is 9.47 Å². The van der Waals surface area contributed by atoms with Crippen molar-refractivity contribution in [1.29, 1.82) is 0 Å². The minimum Gasteiger partial charge on any atom is -0.490 e. The van der Waals surface area contributed by atoms with Crippen molar-refractivity contribution in [3.63, 3.8) is 0 Å². The van der Waals surface area contributed by atoms with E-state index >= 15 is 0 Å². The molecule has 2 rings (SSSR count). The third-order valence-electron chi connectivity index (χ3n) is 2.98. The number of hydrogen-bond donors (Lipinski definition) is 1. The smallest absolute Gasteiger partial charge is 0.124 e. The van der Waals surface area contributed by atoms with Crippen LogP contribution in [0.25, 0.3) is 0 Å². The topological polar surface area (TPSA) is 30.5 Å². The van der Waals surface area contributed by atoms with Crippen molar-refractivity contribution in [2.24, 2.45) is 5.92 Å². The molecule has 1 aliphatic rings. The Labute approximate surface area is 103 Å². The van der Waals surface area contributed by atoms with E-state index in [1.54, 1.807) is 0 Å². The minimum atomic E-state index is 0.0947. The summed E-state index contributed by atoms with van der Waals surface area (Å²) in [4.78, 5) is 0. The summed E-state index contributed by atoms with van der Waals surface area (Å²) in [5, 5.41) is 3.33. The molecule has 0 radical (unpaired) electrons. The van der Waals surface area contributed by atoms with E-state index in [0.29, 0.717) is 12.5 Å². The molecule has 17 heavy (non-hydrogen) atoms. The number of fused-ring (bicyclic) bond motifs is 1. The van der Waals surface area contributed by atoms with Gasteiger partial charge in [0, 0.05) is 12.2 Å². The van der Waals surface area contributed by atoms with E-state index in [4.69, 9.17) is 9.47 Å². The van der Waals surface area contributed by atoms with Gasteiger partial charge in [0.2, 0.25) is 0 Å². The van der Waals surface area contributed by atoms with Crippen LogP contribution in [0.5, 0.6) is 5.75 Å². The van der Waals surface area contributed by atoms with Crippen LogP contribution in [-0.2, 0) is 4.74 Å². The van der Waals surface area contributed by atoms with Crippen LogP contribution in [0.15, 0.2) is 24.3 Å². The summed E-state index contributed by atoms with van der Waals surface area (Å²) in [5.74, 6) is 1.51. The largest absolute Gasteiger partial charge is 0.490 e. The molecule has 0 spiro atoms. The third kappa shape index (κ3) is 2.79. The number of nitrogens with one attached hydrogen (secondary N) is 1. The van der Waals surface area contributed by atoms with E-state index in [1.807, 2.05) is 25.2 Å². The quantitative estimate of drug-likeness (QED) is 0.869. The van der Waals surface area contributed by atoms with Crippen LogP contribution in [-0.4, -0.2) is 26.4 Å². The molecule has 1 aromatic carbocycles. The molecule has 2 unspecified atom stereocenters. The Morgan fingerprint density at radius 1 is 1.41 bits per heavy atom. The van der Waals surface area contributed by atoms with Crippen molar-refractivity contribution >= 4 is 0 Å². The van der Waals surface area contributed by atoms with Gasteiger partial charge in [-0.1, -0.05) is 32.0 Å². The second kappa shape index (κ2) is 5.52. The highest BCUT2D eigenvalue weighted by atomic mass is 16.5. The average Bonchev–Trinajstić information content (AvgIpc) is 2.35. The van der Waals surface area contributed by atoms with Crippen molar-refractivity contribution in [3.8, 4) is 5.75 Å². The molecule has 1 heterocycles. The second-order valence-electron chi connectivity index (χ2n) is 4.88. The van der Waals surface area contributed by atoms with Crippen molar-refractivity contribution in [2.45, 2.75) is 26.0 Å². The van der Waals surface area contributed by atoms with Crippen LogP contribution in [0.4, 0.5) is 0 Å². The normalized spacial score (nSPS) is 23.3. The Bertz CT molecular complexity index is 365. The highest BCUT2D eigenvalue weighted by Crippen LogP contribution is 2.33. The van der Waals surface area contributed by atoms with Crippen LogP contribution in [0.1, 0.15) is 25.5 Å². The summed E-state index contributed by atoms with van der Waals surface area (Å²) >= 11 is 0. The van der Waals surface area contributed by atoms with Crippen LogP contribution in [0.3, 0.4) is 0 Å². The number of para-hydroxylation sites is 1. The summed E-state index contributed by atoms with van der Waals surface area (Å²) in [6.45, 7) is 5.71. The Hall–Kier alpha value is -1.06. The van der Waals surface area contributed by atoms with Gasteiger partial charge in [-0.25, -0.2) is 0 Å². The van der Waals surface area contributed by atoms with Crippen LogP contribution >= 0.6 is 0 Å². The van der Waals surface area contributed by atoms with E-state index in [9.17, 15) is 0 Å². The van der Waals surface area contributed by atoms with E-state index in [0.717, 1.165) is 12.4 Å². The zero-order valence-electron chi connectivity index (χ0n) is 10.8. The first-order chi connectivity index (χ1) is 8.22. The van der Waals surface area contributed by atoms with E-state index in [1.165, 1.54) is 5.56 Å². The Balaban J connectivity index is 2.12. The fraction of sp³-hybridized carbons (Fsp3) is 0.571. The van der Waals surface area contributed by atoms with Gasteiger partial charge < -0.3 is 14.8 Å². The maximum absolute atomic E-state index is 5.92. The van der Waals surface area contributed by atoms with Gasteiger partial charge in [-0.15, -0.1) is 0 Å². The van der Waals surface area contributed by atoms with Gasteiger partial charge in [-0.05, 0) is 19.0 Å². The molecular weight excluding hydrogens is 214 g/mol. The van der Waals surface area contributed by atoms with E-state index < -0.39 is 0 Å². The van der Waals surface area contributed by atoms with E-state index in [2.05, 4.69) is 25.2 Å². The van der Waals surface area contributed by atoms with Gasteiger partial charge in [0.25, 0.3) is 0 Å². The molecule has 1 aromatic rings. The fourth-order valence-corrected chi connectivity index (χ4v) is 2.14. The average molecular weight is 235 g/mol. The SMILES string of the molecule is CNC1c2ccccc2OCC1OCC(C)C. The molecule has 0 bridgehead atoms. The molecule has 0 fully saturated rings. The lowest BCUT2D eigenvalue weighted by Gasteiger charge is -2.33. The molecule has 0 aliphatic carbocycles. The molecule has 94 valence electrons. The molecule has 1 aliphatic heterocycles. The Morgan fingerprint density at radius 3 is 2.88 bits per heavy atom. The van der Waals surface area contributed by atoms with Crippen LogP contribution in [0.2, 0.25) is 0 Å². The van der Waals surface area contributed by atoms with Gasteiger partial charge in [0.1, 0.15) is 18.5 Å². The lowest BCUT2D eigenvalue weighted by atomic mass is 9.98. The maximum atomic E-state index is 5.92. The standard InChI is InChI=1S/C14H21NO2/c1-10(2)8-16-13-9-17-12-7-5-4-6-11(12)14(13)15-3/h4-7,10,13-15H,8-9H2,1-3H3. The van der Waals surface area contributed by atoms with Gasteiger partial charge >= 0.3 is 0 Å². The predicted molar refractivity (Wildman–Crippen MR) is 68.3 cm³/mol. The molecule has 0 saturated carbocycles. The van der Waals surface area contributed by atoms with Crippen molar-refractivity contribution in [3.05, 3.63) is 29.8 Å². The molecule has 3 heteroatoms. The van der Waals surface area contributed by atoms with Gasteiger partial charge in [0.15, 0.2) is 0 Å². The number of hydrogen-bond acceptors (Lipinski definition) is 3. The molecule has 0 amide bonds. The highest BCUT2D eigenvalue weighted by molar-refractivity contribution is 5.38. The molecule has 0 aromatic heterocycles. The number of likely N-dealkylation sites (N-methyl/N-ethyl adjacent to an activating group) is 1. The maximum Gasteiger partial charge on any atom is 0.124 e. The number of ether oxygens (including phenoxy) is 2. The van der Waals surface area contributed by atoms with Gasteiger partial charge in [0.05, 0.1) is 6.04 Å². The number of benzene rings is 1. The second-order valence-corrected chi connectivity index (χ2v) is 4.88. The van der Waals surface area contributed by atoms with Gasteiger partial charge in [-0.3, -0.25) is 0 Å². The fourth-order valence-electron chi connectivity index (χ4n) is 2.14. The molecule has 0 saturated heterocycles. The molecule has 3 nitrogen and oxygen atoms in total. The highest BCUT2D eigenvalue weighted by Gasteiger charge is 2.30. The first kappa shape index (κ1) is 12.4. The summed E-state index contributed by atoms with van der Waals surface area (Å²) in [6.07, 6.45) is 0.0947. The summed E-state index contributed by atoms with van der Waals surface area (Å²) in [6, 6.07) is 8.37. The lowest BCUT2D eigenvalue weighted by molar-refractivity contribution is -0.0246. The molecule has 1 N–H and O–H groups in total. The summed E-state index contributed by atoms with van der Waals surface area (Å²) in [7, 11) is 1.97. The Kier molecular flexibility index (Phi) is 4.02. The lowest BCUT2D eigenvalue weighted by Crippen LogP contribution is -2.40. The first-order valence-electron chi connectivity index (χ1n) is 6.23. The number of rotatable bonds is 4. The van der Waals surface area contributed by atoms with Crippen molar-refractivity contribution in [1.82, 2.24) is 5.32 Å². The van der Waals surface area contributed by atoms with Crippen LogP contribution in [0, 0.1) is 5.92 Å². The predicted octanol–water partition coefficient (Wildman–Crippen LogP) is 2.38. The summed E-state index contributed by atoms with van der Waals surface area (Å²) in [5.41, 5.74) is 1.19. The zero-order valence-corrected chi connectivity index (χ0v) is 10.8. The summed E-state index contributed by atoms with van der Waals surface area (Å²) < 4.78 is 11.7. The van der Waals surface area contributed by atoms with Crippen LogP contribution < -0.4 is 10.1 Å². The zero-order chi connectivity index (χ0) is 12.3. The third-order valence-corrected chi connectivity index (χ3v) is 2.98. The molecule has 2 atom stereocenters. The molecular formula is C14H21NO2. The Morgan fingerprint density at radius 2 is 2.18 bits per heavy atom. The van der Waals surface area contributed by atoms with Gasteiger partial charge in [-0.2, -0.15) is 0 Å².